The second-order valence-corrected chi connectivity index (χ2v) is 8.71. The van der Waals surface area contributed by atoms with Gasteiger partial charge in [0.25, 0.3) is 5.91 Å². The maximum absolute atomic E-state index is 12.8. The lowest BCUT2D eigenvalue weighted by Crippen LogP contribution is -2.46. The van der Waals surface area contributed by atoms with E-state index in [1.165, 1.54) is 11.4 Å². The predicted molar refractivity (Wildman–Crippen MR) is 104 cm³/mol. The van der Waals surface area contributed by atoms with Crippen LogP contribution in [0.15, 0.2) is 53.4 Å². The van der Waals surface area contributed by atoms with Gasteiger partial charge in [0.15, 0.2) is 0 Å². The lowest BCUT2D eigenvalue weighted by atomic mass is 10.1. The highest BCUT2D eigenvalue weighted by atomic mass is 35.5. The van der Waals surface area contributed by atoms with Gasteiger partial charge < -0.3 is 10.1 Å². The number of ether oxygens (including phenoxy) is 1. The van der Waals surface area contributed by atoms with Gasteiger partial charge in [0.05, 0.1) is 12.0 Å². The van der Waals surface area contributed by atoms with Crippen LogP contribution in [0.3, 0.4) is 0 Å². The molecule has 3 rings (SSSR count). The van der Waals surface area contributed by atoms with Crippen molar-refractivity contribution in [2.45, 2.75) is 23.8 Å². The van der Waals surface area contributed by atoms with E-state index < -0.39 is 10.0 Å². The van der Waals surface area contributed by atoms with E-state index in [4.69, 9.17) is 16.3 Å². The van der Waals surface area contributed by atoms with Gasteiger partial charge in [-0.2, -0.15) is 4.31 Å². The molecule has 1 saturated heterocycles. The fourth-order valence-corrected chi connectivity index (χ4v) is 4.70. The molecule has 1 amide bonds. The van der Waals surface area contributed by atoms with Gasteiger partial charge in [0.1, 0.15) is 5.75 Å². The highest BCUT2D eigenvalue weighted by Crippen LogP contribution is 2.23. The highest BCUT2D eigenvalue weighted by Gasteiger charge is 2.30. The molecule has 27 heavy (non-hydrogen) atoms. The van der Waals surface area contributed by atoms with Crippen molar-refractivity contribution < 1.29 is 17.9 Å². The van der Waals surface area contributed by atoms with E-state index in [0.717, 1.165) is 0 Å². The average molecular weight is 409 g/mol. The Morgan fingerprint density at radius 1 is 1.15 bits per heavy atom. The fourth-order valence-electron chi connectivity index (χ4n) is 3.04. The van der Waals surface area contributed by atoms with Crippen molar-refractivity contribution in [3.63, 3.8) is 0 Å². The number of nitrogens with zero attached hydrogens (tertiary/aromatic N) is 1. The standard InChI is InChI=1S/C19H21ClN2O4S/c1-26-17-5-7-18(8-6-17)27(24,25)22-11-9-16(10-12-22)21-19(23)14-3-2-4-15(20)13-14/h2-8,13,16H,9-12H2,1H3,(H,21,23). The van der Waals surface area contributed by atoms with Gasteiger partial charge in [0.2, 0.25) is 10.0 Å². The first-order valence-electron chi connectivity index (χ1n) is 8.61. The summed E-state index contributed by atoms with van der Waals surface area (Å²) in [5.74, 6) is 0.408. The minimum Gasteiger partial charge on any atom is -0.497 e. The molecule has 0 atom stereocenters. The molecule has 1 N–H and O–H groups in total. The number of nitrogens with one attached hydrogen (secondary N) is 1. The summed E-state index contributed by atoms with van der Waals surface area (Å²) < 4.78 is 32.0. The molecular formula is C19H21ClN2O4S. The van der Waals surface area contributed by atoms with Crippen LogP contribution in [0.1, 0.15) is 23.2 Å². The Morgan fingerprint density at radius 3 is 2.41 bits per heavy atom. The Kier molecular flexibility index (Phi) is 6.04. The molecule has 0 spiro atoms. The Morgan fingerprint density at radius 2 is 1.81 bits per heavy atom. The Hall–Kier alpha value is -2.09. The number of hydrogen-bond acceptors (Lipinski definition) is 4. The molecule has 2 aromatic carbocycles. The minimum atomic E-state index is -3.55. The van der Waals surface area contributed by atoms with Crippen LogP contribution in [0.25, 0.3) is 0 Å². The summed E-state index contributed by atoms with van der Waals surface area (Å²) in [4.78, 5) is 12.6. The average Bonchev–Trinajstić information content (AvgIpc) is 2.68. The molecule has 0 saturated carbocycles. The lowest BCUT2D eigenvalue weighted by Gasteiger charge is -2.31. The molecular weight excluding hydrogens is 388 g/mol. The minimum absolute atomic E-state index is 0.0706. The number of halogens is 1. The van der Waals surface area contributed by atoms with Crippen molar-refractivity contribution in [1.82, 2.24) is 9.62 Å². The third kappa shape index (κ3) is 4.61. The van der Waals surface area contributed by atoms with Crippen LogP contribution in [0.2, 0.25) is 5.02 Å². The molecule has 0 unspecified atom stereocenters. The van der Waals surface area contributed by atoms with Gasteiger partial charge in [-0.3, -0.25) is 4.79 Å². The number of carbonyl (C=O) groups excluding carboxylic acids is 1. The van der Waals surface area contributed by atoms with Gasteiger partial charge in [-0.1, -0.05) is 17.7 Å². The van der Waals surface area contributed by atoms with Crippen LogP contribution in [0, 0.1) is 0 Å². The van der Waals surface area contributed by atoms with Crippen molar-refractivity contribution in [3.8, 4) is 5.75 Å². The fraction of sp³-hybridized carbons (Fsp3) is 0.316. The number of amides is 1. The predicted octanol–water partition coefficient (Wildman–Crippen LogP) is 2.93. The second kappa shape index (κ2) is 8.29. The molecule has 144 valence electrons. The summed E-state index contributed by atoms with van der Waals surface area (Å²) in [5.41, 5.74) is 0.496. The molecule has 0 aliphatic carbocycles. The van der Waals surface area contributed by atoms with Gasteiger partial charge >= 0.3 is 0 Å². The lowest BCUT2D eigenvalue weighted by molar-refractivity contribution is 0.0924. The summed E-state index contributed by atoms with van der Waals surface area (Å²) in [6.45, 7) is 0.712. The first-order chi connectivity index (χ1) is 12.9. The number of carbonyl (C=O) groups is 1. The molecule has 8 heteroatoms. The maximum atomic E-state index is 12.8. The van der Waals surface area contributed by atoms with E-state index in [2.05, 4.69) is 5.32 Å². The SMILES string of the molecule is COc1ccc(S(=O)(=O)N2CCC(NC(=O)c3cccc(Cl)c3)CC2)cc1. The summed E-state index contributed by atoms with van der Waals surface area (Å²) in [6.07, 6.45) is 1.11. The molecule has 6 nitrogen and oxygen atoms in total. The van der Waals surface area contributed by atoms with Crippen LogP contribution in [-0.2, 0) is 10.0 Å². The highest BCUT2D eigenvalue weighted by molar-refractivity contribution is 7.89. The Bertz CT molecular complexity index is 908. The zero-order valence-electron chi connectivity index (χ0n) is 14.9. The van der Waals surface area contributed by atoms with Gasteiger partial charge in [-0.25, -0.2) is 8.42 Å². The summed E-state index contributed by atoms with van der Waals surface area (Å²) >= 11 is 5.92. The van der Waals surface area contributed by atoms with Gasteiger partial charge in [0, 0.05) is 29.7 Å². The number of methoxy groups -OCH3 is 1. The van der Waals surface area contributed by atoms with Crippen LogP contribution < -0.4 is 10.1 Å². The third-order valence-electron chi connectivity index (χ3n) is 4.57. The van der Waals surface area contributed by atoms with Gasteiger partial charge in [-0.15, -0.1) is 0 Å². The Labute approximate surface area is 164 Å². The van der Waals surface area contributed by atoms with E-state index in [-0.39, 0.29) is 16.8 Å². The second-order valence-electron chi connectivity index (χ2n) is 6.34. The molecule has 1 aliphatic rings. The number of piperidine rings is 1. The quantitative estimate of drug-likeness (QED) is 0.825. The maximum Gasteiger partial charge on any atom is 0.251 e. The smallest absolute Gasteiger partial charge is 0.251 e. The zero-order chi connectivity index (χ0) is 19.4. The first kappa shape index (κ1) is 19.7. The van der Waals surface area contributed by atoms with E-state index in [0.29, 0.717) is 42.3 Å². The van der Waals surface area contributed by atoms with E-state index in [1.54, 1.807) is 48.5 Å². The van der Waals surface area contributed by atoms with Gasteiger partial charge in [-0.05, 0) is 55.3 Å². The van der Waals surface area contributed by atoms with Crippen LogP contribution in [0.4, 0.5) is 0 Å². The molecule has 1 heterocycles. The van der Waals surface area contributed by atoms with E-state index in [9.17, 15) is 13.2 Å². The van der Waals surface area contributed by atoms with Crippen molar-refractivity contribution >= 4 is 27.5 Å². The number of benzene rings is 2. The first-order valence-corrected chi connectivity index (χ1v) is 10.4. The molecule has 1 fully saturated rings. The zero-order valence-corrected chi connectivity index (χ0v) is 16.5. The topological polar surface area (TPSA) is 75.7 Å². The molecule has 0 aromatic heterocycles. The normalized spacial score (nSPS) is 16.1. The number of sulfonamides is 1. The Balaban J connectivity index is 1.60. The van der Waals surface area contributed by atoms with Crippen molar-refractivity contribution in [3.05, 3.63) is 59.1 Å². The summed E-state index contributed by atoms with van der Waals surface area (Å²) in [5, 5.41) is 3.46. The largest absolute Gasteiger partial charge is 0.497 e. The monoisotopic (exact) mass is 408 g/mol. The molecule has 0 bridgehead atoms. The van der Waals surface area contributed by atoms with Crippen molar-refractivity contribution in [2.75, 3.05) is 20.2 Å². The van der Waals surface area contributed by atoms with Crippen LogP contribution in [-0.4, -0.2) is 44.9 Å². The summed E-state index contributed by atoms with van der Waals surface area (Å²) in [6, 6.07) is 13.0. The molecule has 0 radical (unpaired) electrons. The molecule has 2 aromatic rings. The summed E-state index contributed by atoms with van der Waals surface area (Å²) in [7, 11) is -2.02. The third-order valence-corrected chi connectivity index (χ3v) is 6.72. The van der Waals surface area contributed by atoms with E-state index in [1.807, 2.05) is 0 Å². The number of hydrogen-bond donors (Lipinski definition) is 1. The van der Waals surface area contributed by atoms with Crippen molar-refractivity contribution in [2.24, 2.45) is 0 Å². The number of rotatable bonds is 5. The van der Waals surface area contributed by atoms with Crippen molar-refractivity contribution in [1.29, 1.82) is 0 Å². The van der Waals surface area contributed by atoms with Crippen LogP contribution >= 0.6 is 11.6 Å². The molecule has 1 aliphatic heterocycles. The van der Waals surface area contributed by atoms with Crippen LogP contribution in [0.5, 0.6) is 5.75 Å². The van der Waals surface area contributed by atoms with E-state index >= 15 is 0 Å².